The van der Waals surface area contributed by atoms with Gasteiger partial charge in [-0.2, -0.15) is 5.10 Å². The first kappa shape index (κ1) is 13.0. The van der Waals surface area contributed by atoms with Gasteiger partial charge in [-0.05, 0) is 26.7 Å². The van der Waals surface area contributed by atoms with Crippen LogP contribution in [0.1, 0.15) is 36.9 Å². The zero-order valence-corrected chi connectivity index (χ0v) is 10.5. The zero-order chi connectivity index (χ0) is 13.3. The number of aryl methyl sites for hydroxylation is 1. The van der Waals surface area contributed by atoms with Gasteiger partial charge < -0.3 is 5.32 Å². The minimum absolute atomic E-state index is 0.205. The van der Waals surface area contributed by atoms with Gasteiger partial charge in [0.15, 0.2) is 5.82 Å². The van der Waals surface area contributed by atoms with E-state index in [0.717, 1.165) is 11.3 Å². The number of H-pyrrole nitrogens is 1. The van der Waals surface area contributed by atoms with E-state index in [1.165, 1.54) is 0 Å². The van der Waals surface area contributed by atoms with Crippen molar-refractivity contribution >= 4 is 11.7 Å². The third-order valence-corrected chi connectivity index (χ3v) is 3.58. The molecule has 0 spiro atoms. The molecule has 1 aromatic rings. The summed E-state index contributed by atoms with van der Waals surface area (Å²) in [5.41, 5.74) is 1.77. The predicted molar refractivity (Wildman–Crippen MR) is 63.6 cm³/mol. The number of carbonyl (C=O) groups excluding carboxylic acids is 1. The van der Waals surface area contributed by atoms with Crippen LogP contribution < -0.4 is 5.32 Å². The van der Waals surface area contributed by atoms with Crippen molar-refractivity contribution in [2.45, 2.75) is 45.5 Å². The molecule has 1 saturated carbocycles. The first-order valence-corrected chi connectivity index (χ1v) is 6.09. The van der Waals surface area contributed by atoms with Gasteiger partial charge in [-0.15, -0.1) is 0 Å². The van der Waals surface area contributed by atoms with Crippen molar-refractivity contribution in [3.05, 3.63) is 11.3 Å². The monoisotopic (exact) mass is 257 g/mol. The highest BCUT2D eigenvalue weighted by atomic mass is 19.3. The number of aromatic amines is 1. The van der Waals surface area contributed by atoms with E-state index in [2.05, 4.69) is 15.5 Å². The lowest BCUT2D eigenvalue weighted by Crippen LogP contribution is -2.32. The number of hydrogen-bond acceptors (Lipinski definition) is 2. The summed E-state index contributed by atoms with van der Waals surface area (Å²) >= 11 is 0. The number of halogens is 2. The highest BCUT2D eigenvalue weighted by Crippen LogP contribution is 2.36. The minimum atomic E-state index is -2.60. The molecule has 0 aliphatic heterocycles. The molecule has 1 heterocycles. The van der Waals surface area contributed by atoms with Crippen LogP contribution in [0.5, 0.6) is 0 Å². The topological polar surface area (TPSA) is 57.8 Å². The Bertz CT molecular complexity index is 446. The molecule has 1 aromatic heterocycles. The molecule has 2 N–H and O–H groups in total. The van der Waals surface area contributed by atoms with E-state index >= 15 is 0 Å². The highest BCUT2D eigenvalue weighted by molar-refractivity contribution is 5.92. The standard InChI is InChI=1S/C12H17F2N3O/c1-7-8(2)16-17-10(7)15-11(18)9-3-5-12(13,14)6-4-9/h9H,3-6H2,1-2H3,(H2,15,16,17,18). The fraction of sp³-hybridized carbons (Fsp3) is 0.667. The predicted octanol–water partition coefficient (Wildman–Crippen LogP) is 2.79. The average molecular weight is 257 g/mol. The van der Waals surface area contributed by atoms with Crippen molar-refractivity contribution in [3.8, 4) is 0 Å². The van der Waals surface area contributed by atoms with Crippen LogP contribution in [0.4, 0.5) is 14.6 Å². The molecule has 0 aromatic carbocycles. The molecule has 0 atom stereocenters. The summed E-state index contributed by atoms with van der Waals surface area (Å²) < 4.78 is 26.0. The maximum absolute atomic E-state index is 13.0. The molecular formula is C12H17F2N3O. The van der Waals surface area contributed by atoms with Crippen LogP contribution in [0.3, 0.4) is 0 Å². The number of aromatic nitrogens is 2. The van der Waals surface area contributed by atoms with Gasteiger partial charge in [0, 0.05) is 30.0 Å². The van der Waals surface area contributed by atoms with Crippen molar-refractivity contribution in [2.24, 2.45) is 5.92 Å². The summed E-state index contributed by atoms with van der Waals surface area (Å²) in [7, 11) is 0. The average Bonchev–Trinajstić information content (AvgIpc) is 2.61. The van der Waals surface area contributed by atoms with Gasteiger partial charge >= 0.3 is 0 Å². The molecule has 2 rings (SSSR count). The van der Waals surface area contributed by atoms with Crippen molar-refractivity contribution < 1.29 is 13.6 Å². The minimum Gasteiger partial charge on any atom is -0.309 e. The molecule has 4 nitrogen and oxygen atoms in total. The highest BCUT2D eigenvalue weighted by Gasteiger charge is 2.37. The van der Waals surface area contributed by atoms with Crippen LogP contribution in [-0.2, 0) is 4.79 Å². The normalized spacial score (nSPS) is 19.8. The number of hydrogen-bond donors (Lipinski definition) is 2. The van der Waals surface area contributed by atoms with Crippen molar-refractivity contribution in [2.75, 3.05) is 5.32 Å². The van der Waals surface area contributed by atoms with Crippen molar-refractivity contribution in [1.29, 1.82) is 0 Å². The van der Waals surface area contributed by atoms with E-state index in [4.69, 9.17) is 0 Å². The Morgan fingerprint density at radius 3 is 2.50 bits per heavy atom. The summed E-state index contributed by atoms with van der Waals surface area (Å²) in [4.78, 5) is 11.9. The maximum atomic E-state index is 13.0. The fourth-order valence-electron chi connectivity index (χ4n) is 2.13. The van der Waals surface area contributed by atoms with Crippen LogP contribution in [0.25, 0.3) is 0 Å². The number of rotatable bonds is 2. The lowest BCUT2D eigenvalue weighted by molar-refractivity contribution is -0.124. The molecule has 1 aliphatic carbocycles. The molecule has 0 radical (unpaired) electrons. The lowest BCUT2D eigenvalue weighted by Gasteiger charge is -2.27. The van der Waals surface area contributed by atoms with E-state index in [1.807, 2.05) is 13.8 Å². The second-order valence-electron chi connectivity index (χ2n) is 4.94. The van der Waals surface area contributed by atoms with E-state index in [9.17, 15) is 13.6 Å². The molecule has 6 heteroatoms. The molecule has 100 valence electrons. The van der Waals surface area contributed by atoms with E-state index < -0.39 is 5.92 Å². The summed E-state index contributed by atoms with van der Waals surface area (Å²) in [6.45, 7) is 3.71. The Hall–Kier alpha value is -1.46. The Kier molecular flexibility index (Phi) is 3.36. The van der Waals surface area contributed by atoms with Gasteiger partial charge in [0.1, 0.15) is 0 Å². The summed E-state index contributed by atoms with van der Waals surface area (Å²) in [6.07, 6.45) is 0.0654. The van der Waals surface area contributed by atoms with Crippen LogP contribution in [-0.4, -0.2) is 22.0 Å². The fourth-order valence-corrected chi connectivity index (χ4v) is 2.13. The van der Waals surface area contributed by atoms with Crippen molar-refractivity contribution in [1.82, 2.24) is 10.2 Å². The smallest absolute Gasteiger partial charge is 0.248 e. The number of amides is 1. The third-order valence-electron chi connectivity index (χ3n) is 3.58. The molecule has 1 fully saturated rings. The first-order chi connectivity index (χ1) is 8.39. The Morgan fingerprint density at radius 2 is 2.00 bits per heavy atom. The summed E-state index contributed by atoms with van der Waals surface area (Å²) in [5, 5.41) is 9.45. The van der Waals surface area contributed by atoms with Gasteiger partial charge in [0.25, 0.3) is 0 Å². The summed E-state index contributed by atoms with van der Waals surface area (Å²) in [6, 6.07) is 0. The summed E-state index contributed by atoms with van der Waals surface area (Å²) in [5.74, 6) is -2.65. The van der Waals surface area contributed by atoms with E-state index in [-0.39, 0.29) is 37.5 Å². The van der Waals surface area contributed by atoms with Gasteiger partial charge in [-0.1, -0.05) is 0 Å². The zero-order valence-electron chi connectivity index (χ0n) is 10.5. The van der Waals surface area contributed by atoms with Crippen LogP contribution in [0, 0.1) is 19.8 Å². The number of alkyl halides is 2. The van der Waals surface area contributed by atoms with Gasteiger partial charge in [-0.25, -0.2) is 8.78 Å². The lowest BCUT2D eigenvalue weighted by atomic mass is 9.86. The second kappa shape index (κ2) is 4.66. The van der Waals surface area contributed by atoms with E-state index in [1.54, 1.807) is 0 Å². The quantitative estimate of drug-likeness (QED) is 0.855. The number of anilines is 1. The number of nitrogens with one attached hydrogen (secondary N) is 2. The van der Waals surface area contributed by atoms with Gasteiger partial charge in [0.05, 0.1) is 0 Å². The van der Waals surface area contributed by atoms with Crippen molar-refractivity contribution in [3.63, 3.8) is 0 Å². The largest absolute Gasteiger partial charge is 0.309 e. The van der Waals surface area contributed by atoms with Crippen LogP contribution in [0.2, 0.25) is 0 Å². The van der Waals surface area contributed by atoms with Gasteiger partial charge in [0.2, 0.25) is 11.8 Å². The van der Waals surface area contributed by atoms with Crippen LogP contribution >= 0.6 is 0 Å². The first-order valence-electron chi connectivity index (χ1n) is 6.09. The molecule has 0 saturated heterocycles. The van der Waals surface area contributed by atoms with Crippen LogP contribution in [0.15, 0.2) is 0 Å². The Balaban J connectivity index is 1.95. The third kappa shape index (κ3) is 2.68. The Labute approximate surface area is 104 Å². The second-order valence-corrected chi connectivity index (χ2v) is 4.94. The number of nitrogens with zero attached hydrogens (tertiary/aromatic N) is 1. The SMILES string of the molecule is Cc1[nH]nc(NC(=O)C2CCC(F)(F)CC2)c1C. The number of carbonyl (C=O) groups is 1. The molecule has 1 aliphatic rings. The Morgan fingerprint density at radius 1 is 1.39 bits per heavy atom. The molecular weight excluding hydrogens is 240 g/mol. The maximum Gasteiger partial charge on any atom is 0.248 e. The molecule has 0 unspecified atom stereocenters. The molecule has 0 bridgehead atoms. The van der Waals surface area contributed by atoms with E-state index in [0.29, 0.717) is 5.82 Å². The molecule has 1 amide bonds. The molecule has 18 heavy (non-hydrogen) atoms. The van der Waals surface area contributed by atoms with Gasteiger partial charge in [-0.3, -0.25) is 9.89 Å².